The number of carbonyl (C=O) groups is 1. The van der Waals surface area contributed by atoms with Gasteiger partial charge in [0.2, 0.25) is 5.96 Å². The van der Waals surface area contributed by atoms with Gasteiger partial charge in [0, 0.05) is 18.5 Å². The number of hydrazone groups is 1. The Kier molecular flexibility index (Phi) is 8.62. The Labute approximate surface area is 183 Å². The van der Waals surface area contributed by atoms with E-state index in [0.717, 1.165) is 38.9 Å². The number of rotatable bonds is 8. The van der Waals surface area contributed by atoms with E-state index in [1.165, 1.54) is 29.2 Å². The van der Waals surface area contributed by atoms with Crippen LogP contribution in [0.5, 0.6) is 0 Å². The van der Waals surface area contributed by atoms with Crippen molar-refractivity contribution >= 4 is 11.7 Å². The van der Waals surface area contributed by atoms with Crippen LogP contribution in [0, 0.1) is 23.2 Å². The zero-order chi connectivity index (χ0) is 22.1. The van der Waals surface area contributed by atoms with E-state index >= 15 is 0 Å². The summed E-state index contributed by atoms with van der Waals surface area (Å²) in [4.78, 5) is 16.0. The number of likely N-dealkylation sites (tertiary alicyclic amines) is 1. The van der Waals surface area contributed by atoms with Crippen molar-refractivity contribution in [1.82, 2.24) is 14.8 Å². The van der Waals surface area contributed by atoms with Crippen LogP contribution in [0.15, 0.2) is 29.4 Å². The number of morpholine rings is 1. The van der Waals surface area contributed by atoms with E-state index in [1.807, 2.05) is 5.01 Å². The normalized spacial score (nSPS) is 18.6. The van der Waals surface area contributed by atoms with E-state index < -0.39 is 0 Å². The highest BCUT2D eigenvalue weighted by molar-refractivity contribution is 5.95. The molecule has 2 aliphatic heterocycles. The molecule has 8 nitrogen and oxygen atoms in total. The number of hydrogen-bond acceptors (Lipinski definition) is 6. The Balaban J connectivity index is 1.36. The smallest absolute Gasteiger partial charge is 0.227 e. The Morgan fingerprint density at radius 1 is 1.23 bits per heavy atom. The predicted molar refractivity (Wildman–Crippen MR) is 115 cm³/mol. The molecule has 0 spiro atoms. The zero-order valence-corrected chi connectivity index (χ0v) is 17.9. The maximum absolute atomic E-state index is 13.0. The maximum Gasteiger partial charge on any atom is 0.227 e. The summed E-state index contributed by atoms with van der Waals surface area (Å²) in [7, 11) is 0. The van der Waals surface area contributed by atoms with Gasteiger partial charge in [-0.3, -0.25) is 9.80 Å². The van der Waals surface area contributed by atoms with Crippen LogP contribution in [-0.2, 0) is 4.74 Å². The van der Waals surface area contributed by atoms with Gasteiger partial charge < -0.3 is 15.4 Å². The molecule has 0 bridgehead atoms. The van der Waals surface area contributed by atoms with E-state index in [-0.39, 0.29) is 17.6 Å². The van der Waals surface area contributed by atoms with Crippen molar-refractivity contribution < 1.29 is 13.9 Å². The number of ether oxygens (including phenoxy) is 1. The lowest BCUT2D eigenvalue weighted by Gasteiger charge is -2.33. The number of nitrogens with zero attached hydrogens (tertiary/aromatic N) is 5. The van der Waals surface area contributed by atoms with Gasteiger partial charge in [-0.05, 0) is 69.1 Å². The van der Waals surface area contributed by atoms with E-state index in [0.29, 0.717) is 50.8 Å². The van der Waals surface area contributed by atoms with Gasteiger partial charge in [0.1, 0.15) is 5.82 Å². The first-order valence-electron chi connectivity index (χ1n) is 10.9. The number of ketones is 1. The molecule has 1 aromatic rings. The van der Waals surface area contributed by atoms with Gasteiger partial charge in [0.05, 0.1) is 26.3 Å². The van der Waals surface area contributed by atoms with Gasteiger partial charge in [-0.2, -0.15) is 5.26 Å². The second-order valence-corrected chi connectivity index (χ2v) is 8.05. The van der Waals surface area contributed by atoms with Gasteiger partial charge in [-0.25, -0.2) is 9.29 Å². The SMILES string of the molecule is N#CN(CC1CCN(CCCC(=O)c2ccc(F)cc2)CC1)C(N)=NN1CCOCC1. The molecular weight excluding hydrogens is 399 g/mol. The molecule has 2 fully saturated rings. The predicted octanol–water partition coefficient (Wildman–Crippen LogP) is 1.85. The molecule has 2 heterocycles. The molecule has 2 saturated heterocycles. The fourth-order valence-electron chi connectivity index (χ4n) is 3.93. The Morgan fingerprint density at radius 2 is 1.90 bits per heavy atom. The van der Waals surface area contributed by atoms with Crippen LogP contribution in [-0.4, -0.2) is 79.0 Å². The molecule has 1 aromatic carbocycles. The minimum atomic E-state index is -0.330. The summed E-state index contributed by atoms with van der Waals surface area (Å²) >= 11 is 0. The summed E-state index contributed by atoms with van der Waals surface area (Å²) in [6.07, 6.45) is 5.37. The first-order valence-corrected chi connectivity index (χ1v) is 10.9. The summed E-state index contributed by atoms with van der Waals surface area (Å²) < 4.78 is 18.3. The van der Waals surface area contributed by atoms with Gasteiger partial charge in [0.25, 0.3) is 0 Å². The van der Waals surface area contributed by atoms with E-state index in [4.69, 9.17) is 10.5 Å². The summed E-state index contributed by atoms with van der Waals surface area (Å²) in [6, 6.07) is 5.72. The van der Waals surface area contributed by atoms with Crippen LogP contribution in [0.3, 0.4) is 0 Å². The van der Waals surface area contributed by atoms with Gasteiger partial charge >= 0.3 is 0 Å². The summed E-state index contributed by atoms with van der Waals surface area (Å²) in [6.45, 7) is 5.93. The third-order valence-electron chi connectivity index (χ3n) is 5.82. The number of nitriles is 1. The van der Waals surface area contributed by atoms with Crippen molar-refractivity contribution in [2.45, 2.75) is 25.7 Å². The average Bonchev–Trinajstić information content (AvgIpc) is 2.79. The van der Waals surface area contributed by atoms with Crippen molar-refractivity contribution in [2.24, 2.45) is 16.8 Å². The number of halogens is 1. The monoisotopic (exact) mass is 430 g/mol. The number of benzene rings is 1. The Morgan fingerprint density at radius 3 is 2.55 bits per heavy atom. The minimum Gasteiger partial charge on any atom is -0.378 e. The molecule has 9 heteroatoms. The van der Waals surface area contributed by atoms with Crippen molar-refractivity contribution in [3.8, 4) is 6.19 Å². The van der Waals surface area contributed by atoms with Crippen molar-refractivity contribution in [2.75, 3.05) is 52.5 Å². The summed E-state index contributed by atoms with van der Waals surface area (Å²) in [5.74, 6) is 0.347. The summed E-state index contributed by atoms with van der Waals surface area (Å²) in [5.41, 5.74) is 6.62. The first-order chi connectivity index (χ1) is 15.0. The molecule has 0 amide bonds. The lowest BCUT2D eigenvalue weighted by atomic mass is 9.96. The lowest BCUT2D eigenvalue weighted by molar-refractivity contribution is 0.0386. The van der Waals surface area contributed by atoms with Crippen LogP contribution in [0.2, 0.25) is 0 Å². The van der Waals surface area contributed by atoms with E-state index in [1.54, 1.807) is 0 Å². The molecule has 0 aromatic heterocycles. The molecule has 0 saturated carbocycles. The fourth-order valence-corrected chi connectivity index (χ4v) is 3.93. The molecule has 2 aliphatic rings. The molecule has 0 radical (unpaired) electrons. The minimum absolute atomic E-state index is 0.0505. The average molecular weight is 431 g/mol. The molecule has 0 atom stereocenters. The van der Waals surface area contributed by atoms with Crippen LogP contribution in [0.4, 0.5) is 4.39 Å². The highest BCUT2D eigenvalue weighted by atomic mass is 19.1. The van der Waals surface area contributed by atoms with Gasteiger partial charge in [0.15, 0.2) is 12.0 Å². The second kappa shape index (κ2) is 11.6. The quantitative estimate of drug-likeness (QED) is 0.221. The van der Waals surface area contributed by atoms with Crippen LogP contribution < -0.4 is 5.73 Å². The highest BCUT2D eigenvalue weighted by Gasteiger charge is 2.23. The first kappa shape index (κ1) is 23.0. The topological polar surface area (TPSA) is 98.2 Å². The van der Waals surface area contributed by atoms with Gasteiger partial charge in [-0.15, -0.1) is 5.10 Å². The molecule has 2 N–H and O–H groups in total. The molecule has 0 aliphatic carbocycles. The van der Waals surface area contributed by atoms with Crippen molar-refractivity contribution in [3.05, 3.63) is 35.6 Å². The maximum atomic E-state index is 13.0. The number of guanidine groups is 1. The number of Topliss-reactive ketones (excluding diaryl/α,β-unsaturated/α-hetero) is 1. The molecular formula is C22H31FN6O2. The number of nitrogens with two attached hydrogens (primary N) is 1. The van der Waals surface area contributed by atoms with Crippen LogP contribution in [0.25, 0.3) is 0 Å². The molecule has 3 rings (SSSR count). The Bertz CT molecular complexity index is 780. The van der Waals surface area contributed by atoms with E-state index in [9.17, 15) is 14.4 Å². The fraction of sp³-hybridized carbons (Fsp3) is 0.591. The number of carbonyl (C=O) groups excluding carboxylic acids is 1. The number of hydrogen-bond donors (Lipinski definition) is 1. The molecule has 31 heavy (non-hydrogen) atoms. The lowest BCUT2D eigenvalue weighted by Crippen LogP contribution is -2.43. The third kappa shape index (κ3) is 7.19. The summed E-state index contributed by atoms with van der Waals surface area (Å²) in [5, 5.41) is 15.7. The van der Waals surface area contributed by atoms with Gasteiger partial charge in [-0.1, -0.05) is 0 Å². The zero-order valence-electron chi connectivity index (χ0n) is 17.9. The molecule has 168 valence electrons. The van der Waals surface area contributed by atoms with Crippen LogP contribution in [0.1, 0.15) is 36.0 Å². The van der Waals surface area contributed by atoms with Crippen molar-refractivity contribution in [1.29, 1.82) is 5.26 Å². The van der Waals surface area contributed by atoms with Crippen LogP contribution >= 0.6 is 0 Å². The largest absolute Gasteiger partial charge is 0.378 e. The van der Waals surface area contributed by atoms with Crippen molar-refractivity contribution in [3.63, 3.8) is 0 Å². The number of piperidine rings is 1. The Hall–Kier alpha value is -2.70. The second-order valence-electron chi connectivity index (χ2n) is 8.05. The van der Waals surface area contributed by atoms with E-state index in [2.05, 4.69) is 16.2 Å². The highest BCUT2D eigenvalue weighted by Crippen LogP contribution is 2.19. The molecule has 0 unspecified atom stereocenters. The standard InChI is InChI=1S/C22H31FN6O2/c23-20-5-3-19(4-6-20)21(30)2-1-9-27-10-7-18(8-11-27)16-28(17-24)22(25)26-29-12-14-31-15-13-29/h3-6,18H,1-2,7-16H2,(H2,25,26). The third-order valence-corrected chi connectivity index (χ3v) is 5.82.